The Kier molecular flexibility index (Phi) is 11.1. The molecule has 0 aliphatic heterocycles. The molecular weight excluding hydrogens is 685 g/mol. The first-order valence-electron chi connectivity index (χ1n) is 14.3. The predicted octanol–water partition coefficient (Wildman–Crippen LogP) is 8.92. The molecule has 13 heteroatoms. The molecule has 1 atom stereocenters. The van der Waals surface area contributed by atoms with Crippen LogP contribution in [0.5, 0.6) is 0 Å². The molecule has 0 aliphatic rings. The maximum atomic E-state index is 14.6. The smallest absolute Gasteiger partial charge is 0.272 e. The van der Waals surface area contributed by atoms with E-state index in [0.717, 1.165) is 23.9 Å². The number of carbonyl (C=O) groups is 3. The third-order valence-electron chi connectivity index (χ3n) is 6.88. The zero-order chi connectivity index (χ0) is 35.1. The fraction of sp³-hybridized carbons (Fsp3) is 0.0278. The summed E-state index contributed by atoms with van der Waals surface area (Å²) in [5.74, 6) is -9.99. The summed E-state index contributed by atoms with van der Waals surface area (Å²) in [6.07, 6.45) is 1.11. The SMILES string of the molecule is O=C(Nc1ccc(SC(C(=O)Nc2c(F)c(F)cc(F)c2F)c2ccccc2)cc1)/C(=C/c1c(F)cccc1Cl)NC(=O)c1ccccc1. The van der Waals surface area contributed by atoms with Gasteiger partial charge in [0.05, 0.1) is 5.02 Å². The first-order chi connectivity index (χ1) is 23.5. The summed E-state index contributed by atoms with van der Waals surface area (Å²) in [6.45, 7) is 0. The van der Waals surface area contributed by atoms with Gasteiger partial charge in [-0.05, 0) is 60.2 Å². The second-order valence-corrected chi connectivity index (χ2v) is 11.8. The molecular formula is C36H23ClF5N3O3S. The molecule has 0 aromatic heterocycles. The average Bonchev–Trinajstić information content (AvgIpc) is 3.10. The number of hydrogen-bond donors (Lipinski definition) is 3. The van der Waals surface area contributed by atoms with Gasteiger partial charge in [0.1, 0.15) is 22.5 Å². The lowest BCUT2D eigenvalue weighted by molar-refractivity contribution is -0.116. The van der Waals surface area contributed by atoms with Gasteiger partial charge in [0.25, 0.3) is 11.8 Å². The zero-order valence-corrected chi connectivity index (χ0v) is 26.5. The highest BCUT2D eigenvalue weighted by molar-refractivity contribution is 8.00. The predicted molar refractivity (Wildman–Crippen MR) is 178 cm³/mol. The molecule has 5 aromatic carbocycles. The van der Waals surface area contributed by atoms with Crippen molar-refractivity contribution in [2.24, 2.45) is 0 Å². The number of benzene rings is 5. The van der Waals surface area contributed by atoms with Crippen molar-refractivity contribution in [1.82, 2.24) is 5.32 Å². The monoisotopic (exact) mass is 707 g/mol. The van der Waals surface area contributed by atoms with E-state index in [2.05, 4.69) is 10.6 Å². The van der Waals surface area contributed by atoms with E-state index in [0.29, 0.717) is 10.5 Å². The van der Waals surface area contributed by atoms with Crippen molar-refractivity contribution >= 4 is 58.5 Å². The number of anilines is 2. The Balaban J connectivity index is 1.37. The highest BCUT2D eigenvalue weighted by atomic mass is 35.5. The first kappa shape index (κ1) is 34.9. The number of nitrogens with one attached hydrogen (secondary N) is 3. The van der Waals surface area contributed by atoms with Gasteiger partial charge in [0, 0.05) is 27.8 Å². The number of halogens is 6. The molecule has 0 saturated heterocycles. The summed E-state index contributed by atoms with van der Waals surface area (Å²) < 4.78 is 70.8. The molecule has 0 radical (unpaired) electrons. The van der Waals surface area contributed by atoms with Crippen molar-refractivity contribution < 1.29 is 36.3 Å². The molecule has 0 spiro atoms. The number of amides is 3. The minimum absolute atomic E-state index is 0.00524. The minimum atomic E-state index is -1.75. The van der Waals surface area contributed by atoms with E-state index in [9.17, 15) is 36.3 Å². The van der Waals surface area contributed by atoms with Crippen LogP contribution in [0.2, 0.25) is 5.02 Å². The second kappa shape index (κ2) is 15.6. The van der Waals surface area contributed by atoms with Crippen molar-refractivity contribution in [2.45, 2.75) is 10.1 Å². The molecule has 0 bridgehead atoms. The molecule has 248 valence electrons. The lowest BCUT2D eigenvalue weighted by Gasteiger charge is -2.18. The maximum absolute atomic E-state index is 14.6. The average molecular weight is 708 g/mol. The Labute approximate surface area is 286 Å². The van der Waals surface area contributed by atoms with Gasteiger partial charge in [0.2, 0.25) is 5.91 Å². The molecule has 5 aromatic rings. The van der Waals surface area contributed by atoms with Crippen molar-refractivity contribution in [3.8, 4) is 0 Å². The topological polar surface area (TPSA) is 87.3 Å². The summed E-state index contributed by atoms with van der Waals surface area (Å²) in [5, 5.41) is 5.94. The fourth-order valence-corrected chi connectivity index (χ4v) is 5.70. The van der Waals surface area contributed by atoms with Crippen LogP contribution in [-0.4, -0.2) is 17.7 Å². The van der Waals surface area contributed by atoms with Gasteiger partial charge in [-0.1, -0.05) is 66.2 Å². The summed E-state index contributed by atoms with van der Waals surface area (Å²) >= 11 is 7.11. The minimum Gasteiger partial charge on any atom is -0.321 e. The van der Waals surface area contributed by atoms with E-state index in [4.69, 9.17) is 11.6 Å². The Hall–Kier alpha value is -5.46. The quantitative estimate of drug-likeness (QED) is 0.0586. The van der Waals surface area contributed by atoms with E-state index in [-0.39, 0.29) is 33.6 Å². The molecule has 49 heavy (non-hydrogen) atoms. The van der Waals surface area contributed by atoms with Crippen molar-refractivity contribution in [1.29, 1.82) is 0 Å². The summed E-state index contributed by atoms with van der Waals surface area (Å²) in [6, 6.07) is 26.2. The normalized spacial score (nSPS) is 11.8. The zero-order valence-electron chi connectivity index (χ0n) is 24.9. The van der Waals surface area contributed by atoms with Crippen LogP contribution >= 0.6 is 23.4 Å². The Morgan fingerprint density at radius 2 is 1.31 bits per heavy atom. The molecule has 1 unspecified atom stereocenters. The highest BCUT2D eigenvalue weighted by Gasteiger charge is 2.27. The molecule has 3 amide bonds. The number of rotatable bonds is 10. The summed E-state index contributed by atoms with van der Waals surface area (Å²) in [5.41, 5.74) is -0.798. The fourth-order valence-electron chi connectivity index (χ4n) is 4.46. The van der Waals surface area contributed by atoms with Crippen LogP contribution < -0.4 is 16.0 Å². The van der Waals surface area contributed by atoms with Gasteiger partial charge >= 0.3 is 0 Å². The van der Waals surface area contributed by atoms with Crippen LogP contribution in [0.3, 0.4) is 0 Å². The number of hydrogen-bond acceptors (Lipinski definition) is 4. The Bertz CT molecular complexity index is 2000. The van der Waals surface area contributed by atoms with E-state index in [1.165, 1.54) is 48.5 Å². The number of carbonyl (C=O) groups excluding carboxylic acids is 3. The van der Waals surface area contributed by atoms with Crippen molar-refractivity contribution in [3.05, 3.63) is 166 Å². The van der Waals surface area contributed by atoms with Crippen LogP contribution in [0.25, 0.3) is 6.08 Å². The maximum Gasteiger partial charge on any atom is 0.272 e. The van der Waals surface area contributed by atoms with E-state index < -0.39 is 57.7 Å². The van der Waals surface area contributed by atoms with Crippen LogP contribution in [-0.2, 0) is 9.59 Å². The van der Waals surface area contributed by atoms with Crippen molar-refractivity contribution in [2.75, 3.05) is 10.6 Å². The van der Waals surface area contributed by atoms with Gasteiger partial charge in [-0.3, -0.25) is 14.4 Å². The largest absolute Gasteiger partial charge is 0.321 e. The molecule has 5 rings (SSSR count). The molecule has 0 heterocycles. The van der Waals surface area contributed by atoms with Gasteiger partial charge < -0.3 is 16.0 Å². The van der Waals surface area contributed by atoms with Gasteiger partial charge in [0.15, 0.2) is 23.3 Å². The van der Waals surface area contributed by atoms with Crippen LogP contribution in [0.1, 0.15) is 26.7 Å². The molecule has 3 N–H and O–H groups in total. The third kappa shape index (κ3) is 8.53. The van der Waals surface area contributed by atoms with Gasteiger partial charge in [-0.2, -0.15) is 0 Å². The Morgan fingerprint density at radius 1 is 0.694 bits per heavy atom. The molecule has 0 saturated carbocycles. The molecule has 6 nitrogen and oxygen atoms in total. The second-order valence-electron chi connectivity index (χ2n) is 10.2. The van der Waals surface area contributed by atoms with Crippen LogP contribution in [0.15, 0.2) is 120 Å². The lowest BCUT2D eigenvalue weighted by Crippen LogP contribution is -2.30. The van der Waals surface area contributed by atoms with Gasteiger partial charge in [-0.15, -0.1) is 11.8 Å². The van der Waals surface area contributed by atoms with E-state index in [1.807, 2.05) is 5.32 Å². The number of thioether (sulfide) groups is 1. The van der Waals surface area contributed by atoms with Gasteiger partial charge in [-0.25, -0.2) is 22.0 Å². The third-order valence-corrected chi connectivity index (χ3v) is 8.48. The van der Waals surface area contributed by atoms with E-state index >= 15 is 0 Å². The lowest BCUT2D eigenvalue weighted by atomic mass is 10.1. The molecule has 0 aliphatic carbocycles. The highest BCUT2D eigenvalue weighted by Crippen LogP contribution is 2.37. The first-order valence-corrected chi connectivity index (χ1v) is 15.6. The summed E-state index contributed by atoms with van der Waals surface area (Å²) in [4.78, 5) is 40.0. The summed E-state index contributed by atoms with van der Waals surface area (Å²) in [7, 11) is 0. The van der Waals surface area contributed by atoms with Crippen molar-refractivity contribution in [3.63, 3.8) is 0 Å². The van der Waals surface area contributed by atoms with Crippen LogP contribution in [0.4, 0.5) is 33.3 Å². The molecule has 0 fully saturated rings. The van der Waals surface area contributed by atoms with E-state index in [1.54, 1.807) is 48.5 Å². The Morgan fingerprint density at radius 3 is 1.92 bits per heavy atom. The van der Waals surface area contributed by atoms with Crippen LogP contribution in [0, 0.1) is 29.1 Å². The standard InChI is InChI=1S/C36H23ClF5N3O3S/c37-25-12-7-13-26(38)24(25)18-29(44-34(46)21-10-5-2-6-11-21)35(47)43-22-14-16-23(17-15-22)49-33(20-8-3-1-4-9-20)36(48)45-32-30(41)27(39)19-28(40)31(32)42/h1-19,33H,(H,43,47)(H,44,46)(H,45,48)/b29-18-.